The van der Waals surface area contributed by atoms with Crippen LogP contribution in [-0.2, 0) is 16.3 Å². The molecule has 1 aliphatic rings. The Morgan fingerprint density at radius 3 is 2.80 bits per heavy atom. The molecule has 1 aromatic rings. The van der Waals surface area contributed by atoms with Gasteiger partial charge in [0.25, 0.3) is 0 Å². The maximum absolute atomic E-state index is 11.8. The molecule has 0 fully saturated rings. The van der Waals surface area contributed by atoms with Gasteiger partial charge in [-0.25, -0.2) is 8.42 Å². The van der Waals surface area contributed by atoms with Crippen molar-refractivity contribution in [3.05, 3.63) is 29.8 Å². The third-order valence-electron chi connectivity index (χ3n) is 3.65. The van der Waals surface area contributed by atoms with E-state index in [1.807, 2.05) is 31.2 Å². The van der Waals surface area contributed by atoms with Crippen molar-refractivity contribution in [2.75, 3.05) is 18.1 Å². The molecule has 0 amide bonds. The largest absolute Gasteiger partial charge is 0.492 e. The minimum atomic E-state index is -3.06. The van der Waals surface area contributed by atoms with Gasteiger partial charge in [0.1, 0.15) is 22.2 Å². The van der Waals surface area contributed by atoms with Gasteiger partial charge in [0.05, 0.1) is 17.2 Å². The summed E-state index contributed by atoms with van der Waals surface area (Å²) in [5.41, 5.74) is 0.253. The number of hydrogen-bond donors (Lipinski definition) is 0. The fourth-order valence-electron chi connectivity index (χ4n) is 2.47. The third-order valence-corrected chi connectivity index (χ3v) is 5.51. The molecule has 1 unspecified atom stereocenters. The van der Waals surface area contributed by atoms with Crippen LogP contribution in [0, 0.1) is 16.7 Å². The molecule has 0 aliphatic carbocycles. The van der Waals surface area contributed by atoms with Gasteiger partial charge in [0.15, 0.2) is 0 Å². The molecule has 1 aliphatic heterocycles. The van der Waals surface area contributed by atoms with E-state index in [1.54, 1.807) is 0 Å². The van der Waals surface area contributed by atoms with Crippen LogP contribution in [0.25, 0.3) is 0 Å². The van der Waals surface area contributed by atoms with E-state index in [0.29, 0.717) is 19.3 Å². The van der Waals surface area contributed by atoms with Crippen LogP contribution < -0.4 is 4.74 Å². The molecule has 1 heterocycles. The number of nitriles is 1. The van der Waals surface area contributed by atoms with Crippen LogP contribution in [0.3, 0.4) is 0 Å². The predicted molar refractivity (Wildman–Crippen MR) is 77.2 cm³/mol. The summed E-state index contributed by atoms with van der Waals surface area (Å²) in [5.74, 6) is 1.04. The average molecular weight is 293 g/mol. The first kappa shape index (κ1) is 14.9. The van der Waals surface area contributed by atoms with Gasteiger partial charge < -0.3 is 4.74 Å². The molecule has 0 bridgehead atoms. The smallest absolute Gasteiger partial charge is 0.150 e. The Labute approximate surface area is 120 Å². The zero-order valence-electron chi connectivity index (χ0n) is 11.6. The number of sulfone groups is 1. The molecular formula is C15H19NO3S. The highest BCUT2D eigenvalue weighted by Gasteiger charge is 2.37. The van der Waals surface area contributed by atoms with E-state index in [2.05, 4.69) is 6.07 Å². The van der Waals surface area contributed by atoms with Crippen molar-refractivity contribution in [2.45, 2.75) is 26.2 Å². The minimum absolute atomic E-state index is 0.0555. The highest BCUT2D eigenvalue weighted by molar-refractivity contribution is 7.91. The van der Waals surface area contributed by atoms with Crippen LogP contribution in [-0.4, -0.2) is 26.5 Å². The van der Waals surface area contributed by atoms with Gasteiger partial charge in [-0.15, -0.1) is 0 Å². The molecule has 1 atom stereocenters. The highest BCUT2D eigenvalue weighted by atomic mass is 32.2. The van der Waals surface area contributed by atoms with E-state index in [9.17, 15) is 13.7 Å². The van der Waals surface area contributed by atoms with Gasteiger partial charge in [-0.1, -0.05) is 25.1 Å². The van der Waals surface area contributed by atoms with E-state index in [4.69, 9.17) is 4.74 Å². The summed E-state index contributed by atoms with van der Waals surface area (Å²) in [5, 5.41) is 9.47. The number of ether oxygens (including phenoxy) is 1. The molecule has 0 aromatic heterocycles. The molecule has 0 saturated carbocycles. The molecule has 1 aromatic carbocycles. The van der Waals surface area contributed by atoms with Crippen molar-refractivity contribution >= 4 is 9.84 Å². The standard InChI is InChI=1S/C15H19NO3S/c1-2-8-20(17,18)9-7-15(11-16)10-13-5-3-4-6-14(13)19-12-15/h3-6H,2,7-10,12H2,1H3. The number of fused-ring (bicyclic) bond motifs is 1. The molecular weight excluding hydrogens is 274 g/mol. The zero-order valence-corrected chi connectivity index (χ0v) is 12.4. The lowest BCUT2D eigenvalue weighted by molar-refractivity contribution is 0.166. The number of nitrogens with zero attached hydrogens (tertiary/aromatic N) is 1. The molecule has 2 rings (SSSR count). The van der Waals surface area contributed by atoms with Crippen molar-refractivity contribution in [1.82, 2.24) is 0 Å². The number of hydrogen-bond acceptors (Lipinski definition) is 4. The van der Waals surface area contributed by atoms with Crippen LogP contribution in [0.5, 0.6) is 5.75 Å². The fourth-order valence-corrected chi connectivity index (χ4v) is 4.00. The first-order valence-electron chi connectivity index (χ1n) is 6.83. The Morgan fingerprint density at radius 2 is 2.10 bits per heavy atom. The Kier molecular flexibility index (Phi) is 4.34. The predicted octanol–water partition coefficient (Wildman–Crippen LogP) is 2.35. The second-order valence-electron chi connectivity index (χ2n) is 5.37. The van der Waals surface area contributed by atoms with Crippen LogP contribution in [0.1, 0.15) is 25.3 Å². The first-order chi connectivity index (χ1) is 9.50. The lowest BCUT2D eigenvalue weighted by atomic mass is 9.79. The van der Waals surface area contributed by atoms with Crippen molar-refractivity contribution < 1.29 is 13.2 Å². The van der Waals surface area contributed by atoms with Crippen LogP contribution in [0.15, 0.2) is 24.3 Å². The van der Waals surface area contributed by atoms with E-state index in [1.165, 1.54) is 0 Å². The lowest BCUT2D eigenvalue weighted by Crippen LogP contribution is -2.35. The Bertz CT molecular complexity index is 618. The summed E-state index contributed by atoms with van der Waals surface area (Å²) in [6.45, 7) is 2.11. The molecule has 108 valence electrons. The van der Waals surface area contributed by atoms with E-state index in [0.717, 1.165) is 11.3 Å². The highest BCUT2D eigenvalue weighted by Crippen LogP contribution is 2.36. The number of para-hydroxylation sites is 1. The third kappa shape index (κ3) is 3.31. The van der Waals surface area contributed by atoms with Gasteiger partial charge in [0.2, 0.25) is 0 Å². The van der Waals surface area contributed by atoms with Crippen molar-refractivity contribution in [2.24, 2.45) is 5.41 Å². The van der Waals surface area contributed by atoms with E-state index >= 15 is 0 Å². The molecule has 0 radical (unpaired) electrons. The Balaban J connectivity index is 2.12. The second kappa shape index (κ2) is 5.84. The SMILES string of the molecule is CCCS(=O)(=O)CCC1(C#N)COc2ccccc2C1. The van der Waals surface area contributed by atoms with Gasteiger partial charge in [-0.2, -0.15) is 5.26 Å². The summed E-state index contributed by atoms with van der Waals surface area (Å²) in [6.07, 6.45) is 1.50. The second-order valence-corrected chi connectivity index (χ2v) is 7.67. The van der Waals surface area contributed by atoms with Crippen LogP contribution in [0.4, 0.5) is 0 Å². The summed E-state index contributed by atoms with van der Waals surface area (Å²) in [4.78, 5) is 0. The van der Waals surface area contributed by atoms with Gasteiger partial charge in [0, 0.05) is 5.75 Å². The monoisotopic (exact) mass is 293 g/mol. The summed E-state index contributed by atoms with van der Waals surface area (Å²) >= 11 is 0. The Hall–Kier alpha value is -1.54. The van der Waals surface area contributed by atoms with Crippen LogP contribution >= 0.6 is 0 Å². The van der Waals surface area contributed by atoms with E-state index in [-0.39, 0.29) is 18.1 Å². The first-order valence-corrected chi connectivity index (χ1v) is 8.65. The summed E-state index contributed by atoms with van der Waals surface area (Å²) in [6, 6.07) is 9.89. The van der Waals surface area contributed by atoms with Crippen molar-refractivity contribution in [3.8, 4) is 11.8 Å². The topological polar surface area (TPSA) is 67.2 Å². The van der Waals surface area contributed by atoms with Crippen molar-refractivity contribution in [3.63, 3.8) is 0 Å². The minimum Gasteiger partial charge on any atom is -0.492 e. The molecule has 0 saturated heterocycles. The summed E-state index contributed by atoms with van der Waals surface area (Å²) in [7, 11) is -3.06. The zero-order chi connectivity index (χ0) is 14.6. The van der Waals surface area contributed by atoms with Gasteiger partial charge in [-0.3, -0.25) is 0 Å². The number of benzene rings is 1. The average Bonchev–Trinajstić information content (AvgIpc) is 2.45. The molecule has 0 N–H and O–H groups in total. The normalized spacial score (nSPS) is 21.6. The quantitative estimate of drug-likeness (QED) is 0.835. The lowest BCUT2D eigenvalue weighted by Gasteiger charge is -2.32. The van der Waals surface area contributed by atoms with Gasteiger partial charge >= 0.3 is 0 Å². The fraction of sp³-hybridized carbons (Fsp3) is 0.533. The molecule has 20 heavy (non-hydrogen) atoms. The van der Waals surface area contributed by atoms with Crippen molar-refractivity contribution in [1.29, 1.82) is 5.26 Å². The van der Waals surface area contributed by atoms with E-state index < -0.39 is 15.3 Å². The maximum atomic E-state index is 11.8. The Morgan fingerprint density at radius 1 is 1.35 bits per heavy atom. The molecule has 4 nitrogen and oxygen atoms in total. The van der Waals surface area contributed by atoms with Crippen LogP contribution in [0.2, 0.25) is 0 Å². The molecule has 0 spiro atoms. The maximum Gasteiger partial charge on any atom is 0.150 e. The molecule has 5 heteroatoms. The number of rotatable bonds is 5. The van der Waals surface area contributed by atoms with Gasteiger partial charge in [-0.05, 0) is 30.9 Å². The summed E-state index contributed by atoms with van der Waals surface area (Å²) < 4.78 is 29.3.